The molecule has 1 aromatic carbocycles. The van der Waals surface area contributed by atoms with Crippen molar-refractivity contribution in [2.24, 2.45) is 0 Å². The van der Waals surface area contributed by atoms with Gasteiger partial charge in [-0.15, -0.1) is 0 Å². The van der Waals surface area contributed by atoms with Crippen molar-refractivity contribution in [2.45, 2.75) is 19.3 Å². The number of methoxy groups -OCH3 is 2. The highest BCUT2D eigenvalue weighted by molar-refractivity contribution is 5.77. The largest absolute Gasteiger partial charge is 0.497 e. The zero-order chi connectivity index (χ0) is 11.3. The van der Waals surface area contributed by atoms with Crippen LogP contribution in [0, 0.1) is 0 Å². The number of benzene rings is 1. The van der Waals surface area contributed by atoms with Gasteiger partial charge >= 0.3 is 5.97 Å². The summed E-state index contributed by atoms with van der Waals surface area (Å²) in [4.78, 5) is 11.4. The number of carbonyl (C=O) groups excluding carboxylic acids is 1. The number of hydrogen-bond donors (Lipinski definition) is 0. The van der Waals surface area contributed by atoms with Crippen molar-refractivity contribution < 1.29 is 14.3 Å². The summed E-state index contributed by atoms with van der Waals surface area (Å²) in [5.74, 6) is 0.419. The quantitative estimate of drug-likeness (QED) is 0.712. The Morgan fingerprint density at radius 2 is 1.87 bits per heavy atom. The third-order valence-electron chi connectivity index (χ3n) is 2.41. The number of carbonyl (C=O) groups is 1. The molecule has 1 rings (SSSR count). The molecule has 3 heteroatoms. The molecule has 0 bridgehead atoms. The molecule has 0 amide bonds. The normalized spacial score (nSPS) is 11.9. The van der Waals surface area contributed by atoms with Crippen molar-refractivity contribution in [1.29, 1.82) is 0 Å². The Labute approximate surface area is 90.0 Å². The first-order valence-corrected chi connectivity index (χ1v) is 4.94. The molecule has 0 saturated heterocycles. The van der Waals surface area contributed by atoms with Crippen LogP contribution in [0.4, 0.5) is 0 Å². The highest BCUT2D eigenvalue weighted by atomic mass is 16.5. The van der Waals surface area contributed by atoms with Crippen LogP contribution in [0.25, 0.3) is 0 Å². The van der Waals surface area contributed by atoms with Crippen LogP contribution in [-0.2, 0) is 9.53 Å². The minimum Gasteiger partial charge on any atom is -0.497 e. The zero-order valence-corrected chi connectivity index (χ0v) is 9.32. The van der Waals surface area contributed by atoms with Crippen LogP contribution in [0.1, 0.15) is 24.8 Å². The van der Waals surface area contributed by atoms with E-state index in [0.29, 0.717) is 0 Å². The maximum Gasteiger partial charge on any atom is 0.313 e. The van der Waals surface area contributed by atoms with E-state index in [1.165, 1.54) is 7.11 Å². The van der Waals surface area contributed by atoms with E-state index in [2.05, 4.69) is 0 Å². The molecular formula is C12H16O3. The maximum atomic E-state index is 11.4. The first kappa shape index (κ1) is 11.6. The molecule has 0 radical (unpaired) electrons. The molecule has 82 valence electrons. The molecule has 1 atom stereocenters. The van der Waals surface area contributed by atoms with Gasteiger partial charge in [0.25, 0.3) is 0 Å². The maximum absolute atomic E-state index is 11.4. The Bertz CT molecular complexity index is 316. The SMILES string of the molecule is CC[C@H](C(=O)OC)c1ccc(OC)cc1. The van der Waals surface area contributed by atoms with Gasteiger partial charge in [0.2, 0.25) is 0 Å². The summed E-state index contributed by atoms with van der Waals surface area (Å²) < 4.78 is 9.80. The molecule has 0 aliphatic heterocycles. The second-order valence-corrected chi connectivity index (χ2v) is 3.26. The monoisotopic (exact) mass is 208 g/mol. The first-order valence-electron chi connectivity index (χ1n) is 4.94. The lowest BCUT2D eigenvalue weighted by molar-refractivity contribution is -0.142. The Morgan fingerprint density at radius 1 is 1.27 bits per heavy atom. The van der Waals surface area contributed by atoms with Crippen LogP contribution in [0.5, 0.6) is 5.75 Å². The zero-order valence-electron chi connectivity index (χ0n) is 9.32. The summed E-state index contributed by atoms with van der Waals surface area (Å²) in [5.41, 5.74) is 0.963. The highest BCUT2D eigenvalue weighted by Gasteiger charge is 2.18. The van der Waals surface area contributed by atoms with Gasteiger partial charge in [-0.25, -0.2) is 0 Å². The molecule has 0 fully saturated rings. The van der Waals surface area contributed by atoms with Gasteiger partial charge in [-0.3, -0.25) is 4.79 Å². The van der Waals surface area contributed by atoms with E-state index in [4.69, 9.17) is 9.47 Å². The fourth-order valence-electron chi connectivity index (χ4n) is 1.52. The molecule has 0 saturated carbocycles. The van der Waals surface area contributed by atoms with E-state index in [1.807, 2.05) is 31.2 Å². The van der Waals surface area contributed by atoms with Gasteiger partial charge in [0.1, 0.15) is 5.75 Å². The van der Waals surface area contributed by atoms with Crippen LogP contribution >= 0.6 is 0 Å². The fourth-order valence-corrected chi connectivity index (χ4v) is 1.52. The van der Waals surface area contributed by atoms with Gasteiger partial charge in [0, 0.05) is 0 Å². The van der Waals surface area contributed by atoms with Gasteiger partial charge in [-0.1, -0.05) is 19.1 Å². The molecule has 3 nitrogen and oxygen atoms in total. The van der Waals surface area contributed by atoms with Crippen molar-refractivity contribution in [3.8, 4) is 5.75 Å². The molecule has 0 aliphatic rings. The summed E-state index contributed by atoms with van der Waals surface area (Å²) in [6.45, 7) is 1.96. The minimum absolute atomic E-state index is 0.180. The first-order chi connectivity index (χ1) is 7.22. The Morgan fingerprint density at radius 3 is 2.27 bits per heavy atom. The summed E-state index contributed by atoms with van der Waals surface area (Å²) in [6, 6.07) is 7.48. The van der Waals surface area contributed by atoms with Crippen molar-refractivity contribution >= 4 is 5.97 Å². The lowest BCUT2D eigenvalue weighted by Crippen LogP contribution is -2.13. The number of rotatable bonds is 4. The van der Waals surface area contributed by atoms with Gasteiger partial charge in [-0.05, 0) is 24.1 Å². The van der Waals surface area contributed by atoms with E-state index in [0.717, 1.165) is 17.7 Å². The van der Waals surface area contributed by atoms with E-state index in [-0.39, 0.29) is 11.9 Å². The van der Waals surface area contributed by atoms with Crippen LogP contribution in [0.3, 0.4) is 0 Å². The fraction of sp³-hybridized carbons (Fsp3) is 0.417. The Kier molecular flexibility index (Phi) is 4.16. The summed E-state index contributed by atoms with van der Waals surface area (Å²) >= 11 is 0. The van der Waals surface area contributed by atoms with Gasteiger partial charge in [0.05, 0.1) is 20.1 Å². The van der Waals surface area contributed by atoms with Crippen LogP contribution < -0.4 is 4.74 Å². The second-order valence-electron chi connectivity index (χ2n) is 3.26. The van der Waals surface area contributed by atoms with Crippen molar-refractivity contribution in [2.75, 3.05) is 14.2 Å². The van der Waals surface area contributed by atoms with E-state index in [9.17, 15) is 4.79 Å². The standard InChI is InChI=1S/C12H16O3/c1-4-11(12(13)15-3)9-5-7-10(14-2)8-6-9/h5-8,11H,4H2,1-3H3/t11-/m0/s1. The van der Waals surface area contributed by atoms with Gasteiger partial charge in [-0.2, -0.15) is 0 Å². The third kappa shape index (κ3) is 2.72. The number of ether oxygens (including phenoxy) is 2. The Balaban J connectivity index is 2.87. The molecule has 0 aliphatic carbocycles. The van der Waals surface area contributed by atoms with Gasteiger partial charge in [0.15, 0.2) is 0 Å². The van der Waals surface area contributed by atoms with E-state index >= 15 is 0 Å². The van der Waals surface area contributed by atoms with Crippen molar-refractivity contribution in [3.05, 3.63) is 29.8 Å². The Hall–Kier alpha value is -1.51. The summed E-state index contributed by atoms with van der Waals surface area (Å²) in [7, 11) is 3.03. The summed E-state index contributed by atoms with van der Waals surface area (Å²) in [6.07, 6.45) is 0.735. The number of hydrogen-bond acceptors (Lipinski definition) is 3. The average molecular weight is 208 g/mol. The minimum atomic E-state index is -0.192. The molecule has 0 heterocycles. The third-order valence-corrected chi connectivity index (χ3v) is 2.41. The topological polar surface area (TPSA) is 35.5 Å². The summed E-state index contributed by atoms with van der Waals surface area (Å²) in [5, 5.41) is 0. The molecular weight excluding hydrogens is 192 g/mol. The van der Waals surface area contributed by atoms with Crippen molar-refractivity contribution in [1.82, 2.24) is 0 Å². The van der Waals surface area contributed by atoms with Crippen LogP contribution in [0.15, 0.2) is 24.3 Å². The average Bonchev–Trinajstić information content (AvgIpc) is 2.30. The molecule has 1 aromatic rings. The molecule has 0 unspecified atom stereocenters. The lowest BCUT2D eigenvalue weighted by Gasteiger charge is -2.12. The van der Waals surface area contributed by atoms with Gasteiger partial charge < -0.3 is 9.47 Å². The van der Waals surface area contributed by atoms with Crippen LogP contribution in [0.2, 0.25) is 0 Å². The number of esters is 1. The predicted molar refractivity (Wildman–Crippen MR) is 58.0 cm³/mol. The smallest absolute Gasteiger partial charge is 0.313 e. The predicted octanol–water partition coefficient (Wildman–Crippen LogP) is 2.36. The molecule has 0 N–H and O–H groups in total. The lowest BCUT2D eigenvalue weighted by atomic mass is 9.97. The highest BCUT2D eigenvalue weighted by Crippen LogP contribution is 2.23. The van der Waals surface area contributed by atoms with E-state index < -0.39 is 0 Å². The second kappa shape index (κ2) is 5.39. The van der Waals surface area contributed by atoms with Crippen molar-refractivity contribution in [3.63, 3.8) is 0 Å². The van der Waals surface area contributed by atoms with Crippen LogP contribution in [-0.4, -0.2) is 20.2 Å². The molecule has 0 aromatic heterocycles. The molecule has 0 spiro atoms. The van der Waals surface area contributed by atoms with E-state index in [1.54, 1.807) is 7.11 Å². The molecule has 15 heavy (non-hydrogen) atoms.